The van der Waals surface area contributed by atoms with Crippen molar-refractivity contribution < 1.29 is 18.3 Å². The molecule has 0 fully saturated rings. The maximum Gasteiger partial charge on any atom is 0.336 e. The van der Waals surface area contributed by atoms with Crippen LogP contribution < -0.4 is 0 Å². The molecule has 0 spiro atoms. The van der Waals surface area contributed by atoms with E-state index in [-0.39, 0.29) is 5.56 Å². The molecule has 0 atom stereocenters. The maximum absolute atomic E-state index is 10.5. The maximum atomic E-state index is 10.5. The predicted molar refractivity (Wildman–Crippen MR) is 54.8 cm³/mol. The Morgan fingerprint density at radius 3 is 2.27 bits per heavy atom. The van der Waals surface area contributed by atoms with Gasteiger partial charge in [-0.1, -0.05) is 17.7 Å². The van der Waals surface area contributed by atoms with Crippen LogP contribution in [-0.2, 0) is 10.5 Å². The lowest BCUT2D eigenvalue weighted by Crippen LogP contribution is -1.98. The van der Waals surface area contributed by atoms with E-state index < -0.39 is 16.5 Å². The molecule has 0 radical (unpaired) electrons. The van der Waals surface area contributed by atoms with Crippen LogP contribution >= 0.6 is 11.6 Å². The molecule has 0 unspecified atom stereocenters. The topological polar surface area (TPSA) is 95.3 Å². The monoisotopic (exact) mass is 249 g/mol. The van der Waals surface area contributed by atoms with Crippen LogP contribution in [0, 0.1) is 11.7 Å². The van der Waals surface area contributed by atoms with E-state index in [1.165, 1.54) is 6.07 Å². The largest absolute Gasteiger partial charge is 0.478 e. The number of carboxylic acids is 1. The first-order valence-corrected chi connectivity index (χ1v) is 5.10. The average Bonchev–Trinajstić information content (AvgIpc) is 2.08. The number of halogens is 1. The van der Waals surface area contributed by atoms with Crippen molar-refractivity contribution in [2.45, 2.75) is 6.92 Å². The van der Waals surface area contributed by atoms with Crippen LogP contribution in [0.1, 0.15) is 15.9 Å². The van der Waals surface area contributed by atoms with Gasteiger partial charge in [0.2, 0.25) is 0 Å². The second kappa shape index (κ2) is 6.15. The van der Waals surface area contributed by atoms with E-state index in [0.717, 1.165) is 5.56 Å². The zero-order valence-corrected chi connectivity index (χ0v) is 9.26. The summed E-state index contributed by atoms with van der Waals surface area (Å²) >= 11 is 5.60. The fraction of sp³-hybridized carbons (Fsp3) is 0.125. The van der Waals surface area contributed by atoms with Gasteiger partial charge in [0.15, 0.2) is 0 Å². The molecule has 1 rings (SSSR count). The van der Waals surface area contributed by atoms with E-state index in [2.05, 4.69) is 0 Å². The molecule has 0 bridgehead atoms. The van der Waals surface area contributed by atoms with Gasteiger partial charge >= 0.3 is 16.5 Å². The van der Waals surface area contributed by atoms with Crippen molar-refractivity contribution in [2.24, 2.45) is 0 Å². The Balaban J connectivity index is 0.000000423. The number of aromatic carboxylic acids is 1. The molecule has 0 aromatic heterocycles. The first-order valence-electron chi connectivity index (χ1n) is 3.64. The normalized spacial score (nSPS) is 8.67. The summed E-state index contributed by atoms with van der Waals surface area (Å²) in [6, 6.07) is 4.80. The summed E-state index contributed by atoms with van der Waals surface area (Å²) in [4.78, 5) is 10.5. The summed E-state index contributed by atoms with van der Waals surface area (Å²) in [6.45, 7) is 1.74. The molecular weight excluding hydrogens is 242 g/mol. The van der Waals surface area contributed by atoms with Crippen LogP contribution in [0.3, 0.4) is 0 Å². The standard InChI is InChI=1S/C8H7ClO2.HNO2S/c1-5-2-3-6(9)4-7(5)8(10)11;1-4(2)3/h2-4H,1H3,(H,10,11);1H. The highest BCUT2D eigenvalue weighted by molar-refractivity contribution is 7.60. The van der Waals surface area contributed by atoms with Crippen LogP contribution in [-0.4, -0.2) is 19.5 Å². The van der Waals surface area contributed by atoms with Crippen LogP contribution in [0.15, 0.2) is 18.2 Å². The van der Waals surface area contributed by atoms with Crippen LogP contribution in [0.25, 0.3) is 0 Å². The van der Waals surface area contributed by atoms with Crippen molar-refractivity contribution in [1.82, 2.24) is 0 Å². The number of carbonyl (C=O) groups is 1. The van der Waals surface area contributed by atoms with Gasteiger partial charge in [0.25, 0.3) is 0 Å². The summed E-state index contributed by atoms with van der Waals surface area (Å²) in [5.41, 5.74) is 0.986. The van der Waals surface area contributed by atoms with E-state index >= 15 is 0 Å². The molecule has 0 aliphatic carbocycles. The molecule has 1 aromatic carbocycles. The number of aryl methyl sites for hydroxylation is 1. The highest BCUT2D eigenvalue weighted by atomic mass is 35.5. The third-order valence-electron chi connectivity index (χ3n) is 1.43. The second-order valence-corrected chi connectivity index (χ2v) is 3.40. The molecule has 1 aromatic rings. The van der Waals surface area contributed by atoms with Crippen LogP contribution in [0.5, 0.6) is 0 Å². The smallest absolute Gasteiger partial charge is 0.336 e. The summed E-state index contributed by atoms with van der Waals surface area (Å²) in [6.07, 6.45) is 0. The van der Waals surface area contributed by atoms with Gasteiger partial charge in [-0.15, -0.1) is 0 Å². The van der Waals surface area contributed by atoms with Gasteiger partial charge in [-0.25, -0.2) is 4.79 Å². The number of hydrogen-bond donors (Lipinski definition) is 2. The Bertz CT molecular complexity index is 462. The molecule has 0 aliphatic heterocycles. The van der Waals surface area contributed by atoms with Gasteiger partial charge in [-0.2, -0.15) is 13.2 Å². The number of nitrogens with one attached hydrogen (secondary N) is 1. The highest BCUT2D eigenvalue weighted by Crippen LogP contribution is 2.14. The van der Waals surface area contributed by atoms with Crippen molar-refractivity contribution in [3.63, 3.8) is 0 Å². The van der Waals surface area contributed by atoms with E-state index in [9.17, 15) is 4.79 Å². The number of hydrogen-bond acceptors (Lipinski definition) is 4. The zero-order chi connectivity index (χ0) is 12.0. The Labute approximate surface area is 92.8 Å². The van der Waals surface area contributed by atoms with Crippen molar-refractivity contribution in [2.75, 3.05) is 0 Å². The predicted octanol–water partition coefficient (Wildman–Crippen LogP) is 1.97. The van der Waals surface area contributed by atoms with Crippen molar-refractivity contribution >= 4 is 28.1 Å². The first-order chi connectivity index (χ1) is 6.84. The van der Waals surface area contributed by atoms with Gasteiger partial charge in [0.1, 0.15) is 0 Å². The molecule has 0 aliphatic rings. The second-order valence-electron chi connectivity index (χ2n) is 2.50. The third-order valence-corrected chi connectivity index (χ3v) is 1.67. The third kappa shape index (κ3) is 5.82. The zero-order valence-electron chi connectivity index (χ0n) is 7.69. The molecule has 0 heterocycles. The Hall–Kier alpha value is -1.40. The van der Waals surface area contributed by atoms with Gasteiger partial charge in [0, 0.05) is 5.02 Å². The molecule has 0 amide bonds. The Morgan fingerprint density at radius 2 is 1.93 bits per heavy atom. The summed E-state index contributed by atoms with van der Waals surface area (Å²) in [5.74, 6) is -0.940. The Kier molecular flexibility index (Phi) is 5.58. The minimum absolute atomic E-state index is 0.262. The number of rotatable bonds is 1. The highest BCUT2D eigenvalue weighted by Gasteiger charge is 2.05. The van der Waals surface area contributed by atoms with Gasteiger partial charge in [-0.3, -0.25) is 0 Å². The summed E-state index contributed by atoms with van der Waals surface area (Å²) < 4.78 is 22.8. The number of carboxylic acid groups (broad SMARTS) is 1. The molecule has 0 saturated heterocycles. The fourth-order valence-electron chi connectivity index (χ4n) is 0.825. The van der Waals surface area contributed by atoms with E-state index in [1.807, 2.05) is 0 Å². The van der Waals surface area contributed by atoms with E-state index in [4.69, 9.17) is 29.9 Å². The lowest BCUT2D eigenvalue weighted by Gasteiger charge is -1.99. The first kappa shape index (κ1) is 13.6. The lowest BCUT2D eigenvalue weighted by atomic mass is 10.1. The molecule has 5 nitrogen and oxygen atoms in total. The average molecular weight is 250 g/mol. The van der Waals surface area contributed by atoms with E-state index in [0.29, 0.717) is 5.02 Å². The Morgan fingerprint density at radius 1 is 1.47 bits per heavy atom. The minimum atomic E-state index is -2.61. The quantitative estimate of drug-likeness (QED) is 0.795. The molecule has 15 heavy (non-hydrogen) atoms. The summed E-state index contributed by atoms with van der Waals surface area (Å²) in [5, 5.41) is 9.08. The van der Waals surface area contributed by atoms with E-state index in [1.54, 1.807) is 19.1 Å². The van der Waals surface area contributed by atoms with Gasteiger partial charge < -0.3 is 5.11 Å². The van der Waals surface area contributed by atoms with Gasteiger partial charge in [0.05, 0.1) is 5.56 Å². The SMILES string of the molecule is Cc1ccc(Cl)cc1C(=O)O.N=S(=O)=O. The van der Waals surface area contributed by atoms with Crippen LogP contribution in [0.2, 0.25) is 5.02 Å². The molecule has 0 saturated carbocycles. The summed E-state index contributed by atoms with van der Waals surface area (Å²) in [7, 11) is -2.61. The van der Waals surface area contributed by atoms with Crippen molar-refractivity contribution in [1.29, 1.82) is 4.78 Å². The van der Waals surface area contributed by atoms with Crippen molar-refractivity contribution in [3.05, 3.63) is 34.3 Å². The lowest BCUT2D eigenvalue weighted by molar-refractivity contribution is 0.0696. The molecular formula is C8H8ClNO4S. The van der Waals surface area contributed by atoms with Gasteiger partial charge in [-0.05, 0) is 24.6 Å². The fourth-order valence-corrected chi connectivity index (χ4v) is 0.997. The van der Waals surface area contributed by atoms with Crippen molar-refractivity contribution in [3.8, 4) is 0 Å². The molecule has 7 heteroatoms. The molecule has 82 valence electrons. The minimum Gasteiger partial charge on any atom is -0.478 e. The molecule has 2 N–H and O–H groups in total. The van der Waals surface area contributed by atoms with Crippen LogP contribution in [0.4, 0.5) is 0 Å². The number of benzene rings is 1.